The molecule has 0 aromatic heterocycles. The number of ether oxygens (including phenoxy) is 1. The first-order valence-corrected chi connectivity index (χ1v) is 2.98. The first-order chi connectivity index (χ1) is 4.38. The van der Waals surface area contributed by atoms with Gasteiger partial charge in [-0.3, -0.25) is 0 Å². The monoisotopic (exact) mass is 124 g/mol. The molecule has 1 aliphatic heterocycles. The highest BCUT2D eigenvalue weighted by Crippen LogP contribution is 2.17. The molecule has 0 radical (unpaired) electrons. The van der Waals surface area contributed by atoms with Gasteiger partial charge >= 0.3 is 0 Å². The Morgan fingerprint density at radius 1 is 1.44 bits per heavy atom. The molecule has 0 saturated carbocycles. The highest BCUT2D eigenvalue weighted by atomic mass is 16.5. The van der Waals surface area contributed by atoms with Crippen LogP contribution in [0.4, 0.5) is 0 Å². The summed E-state index contributed by atoms with van der Waals surface area (Å²) in [5.41, 5.74) is 9.12. The molecule has 1 rings (SSSR count). The van der Waals surface area contributed by atoms with E-state index in [0.717, 1.165) is 11.1 Å². The molecule has 2 heteroatoms. The quantitative estimate of drug-likeness (QED) is 0.485. The summed E-state index contributed by atoms with van der Waals surface area (Å²) in [4.78, 5) is 0. The van der Waals surface area contributed by atoms with Crippen molar-refractivity contribution < 1.29 is 4.74 Å². The van der Waals surface area contributed by atoms with Crippen LogP contribution in [0.5, 0.6) is 0 Å². The van der Waals surface area contributed by atoms with Crippen molar-refractivity contribution in [1.29, 1.82) is 0 Å². The van der Waals surface area contributed by atoms with Gasteiger partial charge in [0.2, 0.25) is 0 Å². The highest BCUT2D eigenvalue weighted by molar-refractivity contribution is 5.35. The molecule has 0 unspecified atom stereocenters. The van der Waals surface area contributed by atoms with Crippen molar-refractivity contribution in [2.24, 2.45) is 0 Å². The van der Waals surface area contributed by atoms with E-state index in [-0.39, 0.29) is 0 Å². The second kappa shape index (κ2) is 2.69. The molecule has 0 bridgehead atoms. The molecular weight excluding hydrogens is 114 g/mol. The fourth-order valence-electron chi connectivity index (χ4n) is 0.859. The minimum atomic E-state index is 0.614. The van der Waals surface area contributed by atoms with Crippen molar-refractivity contribution in [2.75, 3.05) is 13.2 Å². The van der Waals surface area contributed by atoms with Gasteiger partial charge in [-0.15, -0.1) is 0 Å². The Balaban J connectivity index is 2.75. The topological polar surface area (TPSA) is 33.0 Å². The van der Waals surface area contributed by atoms with Crippen molar-refractivity contribution in [3.63, 3.8) is 0 Å². The molecular formula is C7H10NO-. The number of rotatable bonds is 0. The molecule has 1 N–H and O–H groups in total. The van der Waals surface area contributed by atoms with Crippen molar-refractivity contribution in [3.05, 3.63) is 29.2 Å². The second-order valence-electron chi connectivity index (χ2n) is 1.98. The minimum Gasteiger partial charge on any atom is -0.705 e. The molecule has 1 fully saturated rings. The molecule has 0 aromatic carbocycles. The zero-order valence-corrected chi connectivity index (χ0v) is 5.48. The molecule has 50 valence electrons. The van der Waals surface area contributed by atoms with E-state index < -0.39 is 0 Å². The third-order valence-corrected chi connectivity index (χ3v) is 1.45. The molecule has 0 atom stereocenters. The van der Waals surface area contributed by atoms with Crippen LogP contribution in [0.3, 0.4) is 0 Å². The lowest BCUT2D eigenvalue weighted by Gasteiger charge is -1.96. The maximum Gasteiger partial charge on any atom is 0.0721 e. The summed E-state index contributed by atoms with van der Waals surface area (Å²) in [6.07, 6.45) is 3.36. The lowest BCUT2D eigenvalue weighted by molar-refractivity contribution is 0.215. The van der Waals surface area contributed by atoms with Crippen LogP contribution in [0.25, 0.3) is 5.73 Å². The summed E-state index contributed by atoms with van der Waals surface area (Å²) in [5, 5.41) is 0. The van der Waals surface area contributed by atoms with Gasteiger partial charge in [-0.25, -0.2) is 0 Å². The van der Waals surface area contributed by atoms with E-state index in [1.165, 1.54) is 6.20 Å². The van der Waals surface area contributed by atoms with E-state index in [9.17, 15) is 0 Å². The normalized spacial score (nSPS) is 28.1. The van der Waals surface area contributed by atoms with Gasteiger partial charge in [0.25, 0.3) is 0 Å². The lowest BCUT2D eigenvalue weighted by atomic mass is 10.1. The lowest BCUT2D eigenvalue weighted by Crippen LogP contribution is -1.81. The average molecular weight is 124 g/mol. The summed E-state index contributed by atoms with van der Waals surface area (Å²) < 4.78 is 5.09. The van der Waals surface area contributed by atoms with Crippen LogP contribution in [0.1, 0.15) is 6.92 Å². The molecule has 1 aliphatic rings. The first-order valence-electron chi connectivity index (χ1n) is 2.98. The summed E-state index contributed by atoms with van der Waals surface area (Å²) in [6.45, 7) is 3.26. The van der Waals surface area contributed by atoms with Crippen molar-refractivity contribution in [1.82, 2.24) is 0 Å². The molecule has 0 spiro atoms. The van der Waals surface area contributed by atoms with E-state index in [1.807, 2.05) is 13.0 Å². The van der Waals surface area contributed by atoms with Gasteiger partial charge < -0.3 is 10.5 Å². The minimum absolute atomic E-state index is 0.614. The van der Waals surface area contributed by atoms with Crippen LogP contribution in [-0.2, 0) is 4.74 Å². The Morgan fingerprint density at radius 3 is 2.56 bits per heavy atom. The van der Waals surface area contributed by atoms with Crippen LogP contribution >= 0.6 is 0 Å². The van der Waals surface area contributed by atoms with Gasteiger partial charge in [-0.05, 0) is 18.1 Å². The van der Waals surface area contributed by atoms with Gasteiger partial charge in [-0.1, -0.05) is 6.08 Å². The van der Waals surface area contributed by atoms with Crippen molar-refractivity contribution in [2.45, 2.75) is 6.92 Å². The Morgan fingerprint density at radius 2 is 2.11 bits per heavy atom. The summed E-state index contributed by atoms with van der Waals surface area (Å²) >= 11 is 0. The van der Waals surface area contributed by atoms with Crippen LogP contribution in [0.2, 0.25) is 0 Å². The SMILES string of the molecule is C/C=C1/COC/C1=C/[NH-]. The zero-order valence-electron chi connectivity index (χ0n) is 5.48. The Kier molecular flexibility index (Phi) is 1.90. The maximum atomic E-state index is 6.95. The Hall–Kier alpha value is -0.760. The fraction of sp³-hybridized carbons (Fsp3) is 0.429. The molecule has 0 amide bonds. The first kappa shape index (κ1) is 6.36. The molecule has 2 nitrogen and oxygen atoms in total. The van der Waals surface area contributed by atoms with Crippen molar-refractivity contribution in [3.8, 4) is 0 Å². The Bertz CT molecular complexity index is 140. The molecule has 1 heterocycles. The third-order valence-electron chi connectivity index (χ3n) is 1.45. The van der Waals surface area contributed by atoms with E-state index >= 15 is 0 Å². The van der Waals surface area contributed by atoms with Gasteiger partial charge in [-0.2, -0.15) is 6.20 Å². The van der Waals surface area contributed by atoms with Crippen LogP contribution < -0.4 is 0 Å². The molecule has 0 aliphatic carbocycles. The van der Waals surface area contributed by atoms with E-state index in [2.05, 4.69) is 0 Å². The van der Waals surface area contributed by atoms with Gasteiger partial charge in [0, 0.05) is 0 Å². The number of hydrogen-bond acceptors (Lipinski definition) is 1. The summed E-state index contributed by atoms with van der Waals surface area (Å²) in [6, 6.07) is 0. The fourth-order valence-corrected chi connectivity index (χ4v) is 0.859. The van der Waals surface area contributed by atoms with Crippen LogP contribution in [-0.4, -0.2) is 13.2 Å². The third kappa shape index (κ3) is 1.13. The van der Waals surface area contributed by atoms with Crippen LogP contribution in [0.15, 0.2) is 23.4 Å². The van der Waals surface area contributed by atoms with Gasteiger partial charge in [0.15, 0.2) is 0 Å². The standard InChI is InChI=1S/C7H10NO/c1-2-6-4-9-5-7(6)3-8/h2-3,8H,4-5H2,1H3/q-1/b6-2-,7-3-. The van der Waals surface area contributed by atoms with Crippen molar-refractivity contribution >= 4 is 0 Å². The predicted octanol–water partition coefficient (Wildman–Crippen LogP) is 1.90. The van der Waals surface area contributed by atoms with E-state index in [1.54, 1.807) is 0 Å². The molecule has 1 saturated heterocycles. The number of nitrogens with one attached hydrogen (secondary N) is 1. The maximum absolute atomic E-state index is 6.95. The smallest absolute Gasteiger partial charge is 0.0721 e. The zero-order chi connectivity index (χ0) is 6.69. The highest BCUT2D eigenvalue weighted by Gasteiger charge is 2.09. The Labute approximate surface area is 55.0 Å². The molecule has 0 aromatic rings. The van der Waals surface area contributed by atoms with E-state index in [0.29, 0.717) is 13.2 Å². The predicted molar refractivity (Wildman–Crippen MR) is 37.0 cm³/mol. The summed E-state index contributed by atoms with van der Waals surface area (Å²) in [7, 11) is 0. The van der Waals surface area contributed by atoms with E-state index in [4.69, 9.17) is 10.5 Å². The average Bonchev–Trinajstić information content (AvgIpc) is 2.33. The second-order valence-corrected chi connectivity index (χ2v) is 1.98. The molecule has 9 heavy (non-hydrogen) atoms. The van der Waals surface area contributed by atoms with Gasteiger partial charge in [0.1, 0.15) is 0 Å². The number of hydrogen-bond donors (Lipinski definition) is 0. The van der Waals surface area contributed by atoms with Gasteiger partial charge in [0.05, 0.1) is 13.2 Å². The number of allylic oxidation sites excluding steroid dienone is 1. The largest absolute Gasteiger partial charge is 0.705 e. The summed E-state index contributed by atoms with van der Waals surface area (Å²) in [5.74, 6) is 0. The van der Waals surface area contributed by atoms with Crippen LogP contribution in [0, 0.1) is 0 Å².